The first kappa shape index (κ1) is 11.7. The van der Waals surface area contributed by atoms with Crippen molar-refractivity contribution < 1.29 is 0 Å². The molecule has 0 aliphatic heterocycles. The highest BCUT2D eigenvalue weighted by molar-refractivity contribution is 5.95. The minimum atomic E-state index is 0.780. The lowest BCUT2D eigenvalue weighted by Crippen LogP contribution is -1.99. The van der Waals surface area contributed by atoms with Crippen LogP contribution >= 0.6 is 0 Å². The van der Waals surface area contributed by atoms with Gasteiger partial charge in [-0.25, -0.2) is 9.97 Å². The second kappa shape index (κ2) is 4.69. The Morgan fingerprint density at radius 1 is 0.895 bits per heavy atom. The molecule has 0 spiro atoms. The van der Waals surface area contributed by atoms with Gasteiger partial charge >= 0.3 is 0 Å². The van der Waals surface area contributed by atoms with Crippen LogP contribution in [0.2, 0.25) is 0 Å². The van der Waals surface area contributed by atoms with Crippen molar-refractivity contribution in [2.45, 2.75) is 13.8 Å². The van der Waals surface area contributed by atoms with Gasteiger partial charge in [-0.1, -0.05) is 36.4 Å². The minimum Gasteiger partial charge on any atom is -0.340 e. The Balaban J connectivity index is 2.05. The van der Waals surface area contributed by atoms with E-state index in [1.54, 1.807) is 0 Å². The molecule has 1 N–H and O–H groups in total. The highest BCUT2D eigenvalue weighted by atomic mass is 15.0. The zero-order valence-electron chi connectivity index (χ0n) is 11.0. The Bertz CT molecular complexity index is 709. The van der Waals surface area contributed by atoms with Crippen LogP contribution in [-0.2, 0) is 0 Å². The topological polar surface area (TPSA) is 37.8 Å². The quantitative estimate of drug-likeness (QED) is 0.746. The van der Waals surface area contributed by atoms with Crippen molar-refractivity contribution >= 4 is 22.3 Å². The van der Waals surface area contributed by atoms with Crippen LogP contribution in [0, 0.1) is 13.8 Å². The van der Waals surface area contributed by atoms with E-state index in [1.807, 2.05) is 38.1 Å². The number of rotatable bonds is 2. The highest BCUT2D eigenvalue weighted by Crippen LogP contribution is 2.25. The lowest BCUT2D eigenvalue weighted by atomic mass is 10.1. The number of nitrogens with zero attached hydrogens (tertiary/aromatic N) is 2. The van der Waals surface area contributed by atoms with Gasteiger partial charge in [-0.3, -0.25) is 0 Å². The fourth-order valence-electron chi connectivity index (χ4n) is 2.25. The summed E-state index contributed by atoms with van der Waals surface area (Å²) in [5.41, 5.74) is 2.03. The van der Waals surface area contributed by atoms with Crippen LogP contribution in [0.3, 0.4) is 0 Å². The van der Waals surface area contributed by atoms with Gasteiger partial charge < -0.3 is 5.32 Å². The molecule has 1 aromatic heterocycles. The van der Waals surface area contributed by atoms with Crippen LogP contribution in [0.15, 0.2) is 48.5 Å². The smallest absolute Gasteiger partial charge is 0.134 e. The highest BCUT2D eigenvalue weighted by Gasteiger charge is 2.03. The summed E-state index contributed by atoms with van der Waals surface area (Å²) >= 11 is 0. The molecule has 1 heterocycles. The van der Waals surface area contributed by atoms with Gasteiger partial charge in [0.2, 0.25) is 0 Å². The van der Waals surface area contributed by atoms with Crippen LogP contribution in [0.1, 0.15) is 11.5 Å². The lowest BCUT2D eigenvalue weighted by Gasteiger charge is -2.10. The van der Waals surface area contributed by atoms with E-state index < -0.39 is 0 Å². The number of hydrogen-bond acceptors (Lipinski definition) is 3. The van der Waals surface area contributed by atoms with E-state index in [-0.39, 0.29) is 0 Å². The maximum absolute atomic E-state index is 4.41. The van der Waals surface area contributed by atoms with Gasteiger partial charge in [0.05, 0.1) is 0 Å². The van der Waals surface area contributed by atoms with Crippen LogP contribution in [-0.4, -0.2) is 9.97 Å². The zero-order chi connectivity index (χ0) is 13.2. The summed E-state index contributed by atoms with van der Waals surface area (Å²) in [4.78, 5) is 8.70. The fraction of sp³-hybridized carbons (Fsp3) is 0.125. The maximum atomic E-state index is 4.41. The van der Waals surface area contributed by atoms with Crippen molar-refractivity contribution in [3.63, 3.8) is 0 Å². The zero-order valence-corrected chi connectivity index (χ0v) is 11.0. The molecular formula is C16H15N3. The predicted octanol–water partition coefficient (Wildman–Crippen LogP) is 3.99. The lowest BCUT2D eigenvalue weighted by molar-refractivity contribution is 1.02. The molecule has 19 heavy (non-hydrogen) atoms. The second-order valence-electron chi connectivity index (χ2n) is 4.59. The molecule has 3 aromatic rings. The number of benzene rings is 2. The molecule has 3 rings (SSSR count). The summed E-state index contributed by atoms with van der Waals surface area (Å²) in [6.07, 6.45) is 0. The Labute approximate surface area is 112 Å². The number of aromatic nitrogens is 2. The molecule has 0 saturated heterocycles. The average molecular weight is 249 g/mol. The molecule has 0 aliphatic carbocycles. The molecule has 0 fully saturated rings. The van der Waals surface area contributed by atoms with Gasteiger partial charge in [-0.15, -0.1) is 0 Å². The predicted molar refractivity (Wildman–Crippen MR) is 78.7 cm³/mol. The van der Waals surface area contributed by atoms with E-state index in [9.17, 15) is 0 Å². The van der Waals surface area contributed by atoms with E-state index in [4.69, 9.17) is 0 Å². The molecule has 2 aromatic carbocycles. The van der Waals surface area contributed by atoms with Crippen molar-refractivity contribution in [3.05, 3.63) is 60.0 Å². The SMILES string of the molecule is Cc1cc(Nc2cccc3ccccc23)nc(C)n1. The third kappa shape index (κ3) is 2.40. The third-order valence-electron chi connectivity index (χ3n) is 3.02. The van der Waals surface area contributed by atoms with Gasteiger partial charge in [-0.05, 0) is 25.3 Å². The molecule has 94 valence electrons. The van der Waals surface area contributed by atoms with E-state index in [2.05, 4.69) is 39.6 Å². The van der Waals surface area contributed by atoms with Gasteiger partial charge in [0.1, 0.15) is 11.6 Å². The Morgan fingerprint density at radius 2 is 1.68 bits per heavy atom. The van der Waals surface area contributed by atoms with Gasteiger partial charge in [0.25, 0.3) is 0 Å². The molecule has 0 saturated carbocycles. The normalized spacial score (nSPS) is 10.6. The largest absolute Gasteiger partial charge is 0.340 e. The molecular weight excluding hydrogens is 234 g/mol. The Morgan fingerprint density at radius 3 is 2.53 bits per heavy atom. The average Bonchev–Trinajstić information content (AvgIpc) is 2.38. The van der Waals surface area contributed by atoms with Crippen molar-refractivity contribution in [1.82, 2.24) is 9.97 Å². The number of aryl methyl sites for hydroxylation is 2. The number of anilines is 2. The van der Waals surface area contributed by atoms with Gasteiger partial charge in [0, 0.05) is 22.8 Å². The third-order valence-corrected chi connectivity index (χ3v) is 3.02. The monoisotopic (exact) mass is 249 g/mol. The first-order valence-electron chi connectivity index (χ1n) is 6.29. The molecule has 3 heteroatoms. The van der Waals surface area contributed by atoms with Crippen molar-refractivity contribution in [2.75, 3.05) is 5.32 Å². The Hall–Kier alpha value is -2.42. The fourth-order valence-corrected chi connectivity index (χ4v) is 2.25. The van der Waals surface area contributed by atoms with E-state index in [1.165, 1.54) is 10.8 Å². The summed E-state index contributed by atoms with van der Waals surface area (Å²) in [6, 6.07) is 16.5. The van der Waals surface area contributed by atoms with Crippen LogP contribution < -0.4 is 5.32 Å². The van der Waals surface area contributed by atoms with Gasteiger partial charge in [0.15, 0.2) is 0 Å². The van der Waals surface area contributed by atoms with Crippen molar-refractivity contribution in [3.8, 4) is 0 Å². The van der Waals surface area contributed by atoms with E-state index >= 15 is 0 Å². The Kier molecular flexibility index (Phi) is 2.88. The number of nitrogens with one attached hydrogen (secondary N) is 1. The van der Waals surface area contributed by atoms with Crippen LogP contribution in [0.25, 0.3) is 10.8 Å². The molecule has 0 amide bonds. The van der Waals surface area contributed by atoms with Crippen LogP contribution in [0.4, 0.5) is 11.5 Å². The summed E-state index contributed by atoms with van der Waals surface area (Å²) < 4.78 is 0. The first-order valence-corrected chi connectivity index (χ1v) is 6.29. The summed E-state index contributed by atoms with van der Waals surface area (Å²) in [6.45, 7) is 3.88. The minimum absolute atomic E-state index is 0.780. The molecule has 0 unspecified atom stereocenters. The summed E-state index contributed by atoms with van der Waals surface area (Å²) in [7, 11) is 0. The van der Waals surface area contributed by atoms with Gasteiger partial charge in [-0.2, -0.15) is 0 Å². The first-order chi connectivity index (χ1) is 9.22. The molecule has 0 atom stereocenters. The molecule has 3 nitrogen and oxygen atoms in total. The van der Waals surface area contributed by atoms with Crippen molar-refractivity contribution in [2.24, 2.45) is 0 Å². The standard InChI is InChI=1S/C16H15N3/c1-11-10-16(18-12(2)17-11)19-15-9-5-7-13-6-3-4-8-14(13)15/h3-10H,1-2H3,(H,17,18,19). The molecule has 0 radical (unpaired) electrons. The van der Waals surface area contributed by atoms with E-state index in [0.717, 1.165) is 23.0 Å². The number of fused-ring (bicyclic) bond motifs is 1. The summed E-state index contributed by atoms with van der Waals surface area (Å²) in [5, 5.41) is 5.79. The molecule has 0 bridgehead atoms. The maximum Gasteiger partial charge on any atom is 0.134 e. The van der Waals surface area contributed by atoms with Crippen molar-refractivity contribution in [1.29, 1.82) is 0 Å². The van der Waals surface area contributed by atoms with Crippen LogP contribution in [0.5, 0.6) is 0 Å². The second-order valence-corrected chi connectivity index (χ2v) is 4.59. The molecule has 0 aliphatic rings. The van der Waals surface area contributed by atoms with E-state index in [0.29, 0.717) is 0 Å². The summed E-state index contributed by atoms with van der Waals surface area (Å²) in [5.74, 6) is 1.61. The number of hydrogen-bond donors (Lipinski definition) is 1.